The summed E-state index contributed by atoms with van der Waals surface area (Å²) in [7, 11) is 1.46. The van der Waals surface area contributed by atoms with Gasteiger partial charge in [0.2, 0.25) is 0 Å². The molecule has 0 spiro atoms. The third kappa shape index (κ3) is 9.47. The van der Waals surface area contributed by atoms with E-state index in [-0.39, 0.29) is 7.43 Å². The van der Waals surface area contributed by atoms with Crippen LogP contribution < -0.4 is 0 Å². The summed E-state index contributed by atoms with van der Waals surface area (Å²) in [6.07, 6.45) is 2.68. The summed E-state index contributed by atoms with van der Waals surface area (Å²) in [4.78, 5) is 0. The van der Waals surface area contributed by atoms with E-state index >= 15 is 0 Å². The Morgan fingerprint density at radius 1 is 1.38 bits per heavy atom. The first-order chi connectivity index (χ1) is 9.65. The first-order valence-corrected chi connectivity index (χ1v) is 9.72. The third-order valence-corrected chi connectivity index (χ3v) is 6.28. The van der Waals surface area contributed by atoms with Gasteiger partial charge in [-0.05, 0) is 17.5 Å². The summed E-state index contributed by atoms with van der Waals surface area (Å²) in [6.45, 7) is 3.74. The lowest BCUT2D eigenvalue weighted by atomic mass is 10.1. The van der Waals surface area contributed by atoms with Crippen molar-refractivity contribution >= 4 is 56.4 Å². The molecule has 0 aliphatic carbocycles. The molecule has 1 aromatic carbocycles. The summed E-state index contributed by atoms with van der Waals surface area (Å²) in [5, 5.41) is 0. The molecule has 0 aromatic heterocycles. The Kier molecular flexibility index (Phi) is 12.3. The van der Waals surface area contributed by atoms with E-state index in [1.165, 1.54) is 12.7 Å². The Bertz CT molecular complexity index is 457. The molecule has 1 aromatic rings. The largest absolute Gasteiger partial charge is 0.294 e. The minimum atomic E-state index is -1.15. The summed E-state index contributed by atoms with van der Waals surface area (Å²) < 4.78 is 16.7. The number of hydrogen-bond donors (Lipinski definition) is 0. The highest BCUT2D eigenvalue weighted by Gasteiger charge is 2.02. The van der Waals surface area contributed by atoms with Crippen LogP contribution in [0.25, 0.3) is 6.08 Å². The zero-order valence-corrected chi connectivity index (χ0v) is 14.6. The third-order valence-electron chi connectivity index (χ3n) is 2.43. The average molecular weight is 363 g/mol. The summed E-state index contributed by atoms with van der Waals surface area (Å²) in [5.74, 6) is 2.34. The molecule has 6 heteroatoms. The predicted molar refractivity (Wildman–Crippen MR) is 104 cm³/mol. The van der Waals surface area contributed by atoms with Crippen LogP contribution in [0.2, 0.25) is 0 Å². The van der Waals surface area contributed by atoms with Crippen LogP contribution in [0, 0.1) is 0 Å². The van der Waals surface area contributed by atoms with Crippen molar-refractivity contribution in [2.45, 2.75) is 19.6 Å². The Morgan fingerprint density at radius 2 is 2.05 bits per heavy atom. The topological polar surface area (TPSA) is 26.3 Å². The van der Waals surface area contributed by atoms with E-state index in [0.717, 1.165) is 27.0 Å². The van der Waals surface area contributed by atoms with Gasteiger partial charge in [-0.3, -0.25) is 4.18 Å². The van der Waals surface area contributed by atoms with Crippen molar-refractivity contribution in [3.63, 3.8) is 0 Å². The molecule has 0 aliphatic heterocycles. The quantitative estimate of drug-likeness (QED) is 0.483. The number of thiocarbonyl (C=S) groups is 1. The number of benzene rings is 1. The van der Waals surface area contributed by atoms with Gasteiger partial charge >= 0.3 is 0 Å². The number of hydrogen-bond acceptors (Lipinski definition) is 5. The molecule has 1 unspecified atom stereocenters. The van der Waals surface area contributed by atoms with Crippen LogP contribution >= 0.6 is 35.7 Å². The molecule has 0 bridgehead atoms. The number of rotatable bonds is 8. The highest BCUT2D eigenvalue weighted by Crippen LogP contribution is 2.22. The van der Waals surface area contributed by atoms with Gasteiger partial charge in [0, 0.05) is 11.5 Å². The molecule has 1 rings (SSSR count). The van der Waals surface area contributed by atoms with Crippen molar-refractivity contribution in [2.24, 2.45) is 0 Å². The van der Waals surface area contributed by atoms with Gasteiger partial charge in [-0.2, -0.15) is 0 Å². The Morgan fingerprint density at radius 3 is 2.62 bits per heavy atom. The van der Waals surface area contributed by atoms with Gasteiger partial charge in [-0.1, -0.05) is 56.6 Å². The van der Waals surface area contributed by atoms with Crippen molar-refractivity contribution in [3.8, 4) is 0 Å². The minimum absolute atomic E-state index is 0. The van der Waals surface area contributed by atoms with Crippen LogP contribution in [0.1, 0.15) is 25.0 Å². The predicted octanol–water partition coefficient (Wildman–Crippen LogP) is 4.92. The maximum Gasteiger partial charge on any atom is 0.155 e. The van der Waals surface area contributed by atoms with Gasteiger partial charge in [0.15, 0.2) is 11.1 Å². The monoisotopic (exact) mass is 362 g/mol. The zero-order valence-electron chi connectivity index (χ0n) is 11.4. The van der Waals surface area contributed by atoms with E-state index in [0.29, 0.717) is 5.75 Å². The molecule has 0 radical (unpaired) electrons. The molecule has 0 fully saturated rings. The molecular formula is C15H22O2S4. The molecule has 2 nitrogen and oxygen atoms in total. The van der Waals surface area contributed by atoms with E-state index in [9.17, 15) is 4.21 Å². The molecule has 0 heterocycles. The van der Waals surface area contributed by atoms with E-state index in [1.807, 2.05) is 6.08 Å². The second-order valence-corrected chi connectivity index (χ2v) is 8.48. The molecule has 0 amide bonds. The van der Waals surface area contributed by atoms with Crippen molar-refractivity contribution < 1.29 is 8.39 Å². The zero-order chi connectivity index (χ0) is 14.8. The van der Waals surface area contributed by atoms with Crippen molar-refractivity contribution in [3.05, 3.63) is 42.0 Å². The fourth-order valence-electron chi connectivity index (χ4n) is 1.35. The molecule has 1 atom stereocenters. The molecule has 0 saturated heterocycles. The summed E-state index contributed by atoms with van der Waals surface area (Å²) in [5.41, 5.74) is 2.38. The average Bonchev–Trinajstić information content (AvgIpc) is 2.49. The minimum Gasteiger partial charge on any atom is -0.294 e. The van der Waals surface area contributed by atoms with E-state index in [2.05, 4.69) is 30.8 Å². The van der Waals surface area contributed by atoms with Crippen LogP contribution in [0.4, 0.5) is 0 Å². The maximum absolute atomic E-state index is 11.1. The van der Waals surface area contributed by atoms with Crippen LogP contribution in [0.3, 0.4) is 0 Å². The second-order valence-electron chi connectivity index (χ2n) is 3.86. The van der Waals surface area contributed by atoms with Gasteiger partial charge < -0.3 is 0 Å². The van der Waals surface area contributed by atoms with Crippen LogP contribution in [-0.2, 0) is 21.0 Å². The lowest BCUT2D eigenvalue weighted by Crippen LogP contribution is -2.00. The highest BCUT2D eigenvalue weighted by atomic mass is 32.2. The smallest absolute Gasteiger partial charge is 0.155 e. The van der Waals surface area contributed by atoms with E-state index in [4.69, 9.17) is 16.4 Å². The Balaban J connectivity index is 0.00000400. The van der Waals surface area contributed by atoms with Crippen LogP contribution in [0.5, 0.6) is 0 Å². The molecule has 0 N–H and O–H groups in total. The molecular weight excluding hydrogens is 340 g/mol. The standard InChI is InChI=1S/C14H18O2S4.CH4/c1-3-12-5-7-13(8-6-12)11-19-14(17)18-9-4-10-20(15)16-2;/h3,5-8H,1,4,9-11H2,2H3;1H4. The van der Waals surface area contributed by atoms with Crippen molar-refractivity contribution in [2.75, 3.05) is 18.6 Å². The maximum atomic E-state index is 11.1. The Labute approximate surface area is 144 Å². The molecule has 21 heavy (non-hydrogen) atoms. The SMILES string of the molecule is C.C=Cc1ccc(CSC(=S)SCCCS(=O)OC)cc1. The normalized spacial score (nSPS) is 11.5. The Hall–Kier alpha value is -0.140. The van der Waals surface area contributed by atoms with Gasteiger partial charge in [0.25, 0.3) is 0 Å². The van der Waals surface area contributed by atoms with Gasteiger partial charge in [0.05, 0.1) is 12.9 Å². The first kappa shape index (κ1) is 20.9. The lowest BCUT2D eigenvalue weighted by molar-refractivity contribution is 0.445. The number of thioether (sulfide) groups is 2. The van der Waals surface area contributed by atoms with Crippen molar-refractivity contribution in [1.29, 1.82) is 0 Å². The highest BCUT2D eigenvalue weighted by molar-refractivity contribution is 8.46. The first-order valence-electron chi connectivity index (χ1n) is 6.09. The van der Waals surface area contributed by atoms with Crippen LogP contribution in [0.15, 0.2) is 30.8 Å². The molecule has 118 valence electrons. The molecule has 0 saturated carbocycles. The van der Waals surface area contributed by atoms with Gasteiger partial charge in [0.1, 0.15) is 3.53 Å². The van der Waals surface area contributed by atoms with E-state index in [1.54, 1.807) is 23.5 Å². The fraction of sp³-hybridized carbons (Fsp3) is 0.400. The van der Waals surface area contributed by atoms with Gasteiger partial charge in [-0.25, -0.2) is 4.21 Å². The lowest BCUT2D eigenvalue weighted by Gasteiger charge is -2.04. The summed E-state index contributed by atoms with van der Waals surface area (Å²) >= 11 is 7.48. The summed E-state index contributed by atoms with van der Waals surface area (Å²) in [6, 6.07) is 8.30. The van der Waals surface area contributed by atoms with Crippen molar-refractivity contribution in [1.82, 2.24) is 0 Å². The van der Waals surface area contributed by atoms with Gasteiger partial charge in [-0.15, -0.1) is 23.5 Å². The second kappa shape index (κ2) is 12.4. The molecule has 0 aliphatic rings. The van der Waals surface area contributed by atoms with E-state index < -0.39 is 11.1 Å². The fourth-order valence-corrected chi connectivity index (χ4v) is 4.20. The van der Waals surface area contributed by atoms with Crippen LogP contribution in [-0.4, -0.2) is 26.4 Å².